The second-order valence-corrected chi connectivity index (χ2v) is 6.56. The van der Waals surface area contributed by atoms with Gasteiger partial charge in [-0.1, -0.05) is 36.4 Å². The smallest absolute Gasteiger partial charge is 0.357 e. The molecule has 3 rings (SSSR count). The lowest BCUT2D eigenvalue weighted by atomic mass is 10.1. The van der Waals surface area contributed by atoms with Crippen LogP contribution in [0.1, 0.15) is 43.1 Å². The fourth-order valence-corrected chi connectivity index (χ4v) is 2.93. The molecule has 1 aromatic heterocycles. The van der Waals surface area contributed by atoms with Gasteiger partial charge in [-0.15, -0.1) is 0 Å². The summed E-state index contributed by atoms with van der Waals surface area (Å²) in [5.41, 5.74) is 0.594. The van der Waals surface area contributed by atoms with E-state index in [2.05, 4.69) is 9.84 Å². The zero-order valence-electron chi connectivity index (χ0n) is 16.7. The highest BCUT2D eigenvalue weighted by Gasteiger charge is 2.21. The summed E-state index contributed by atoms with van der Waals surface area (Å²) in [5, 5.41) is 23.2. The average molecular weight is 415 g/mol. The van der Waals surface area contributed by atoms with E-state index in [4.69, 9.17) is 0 Å². The maximum atomic E-state index is 12.9. The van der Waals surface area contributed by atoms with Crippen molar-refractivity contribution in [3.05, 3.63) is 92.4 Å². The number of methoxy groups -OCH3 is 1. The van der Waals surface area contributed by atoms with Crippen molar-refractivity contribution in [1.29, 1.82) is 5.26 Å². The zero-order valence-corrected chi connectivity index (χ0v) is 16.7. The first-order valence-corrected chi connectivity index (χ1v) is 9.10. The van der Waals surface area contributed by atoms with Crippen LogP contribution in [0.2, 0.25) is 0 Å². The van der Waals surface area contributed by atoms with E-state index in [1.54, 1.807) is 48.5 Å². The quantitative estimate of drug-likeness (QED) is 0.635. The van der Waals surface area contributed by atoms with Crippen LogP contribution >= 0.6 is 0 Å². The van der Waals surface area contributed by atoms with Crippen LogP contribution in [-0.2, 0) is 4.74 Å². The number of carbonyl (C=O) groups is 2. The molecule has 0 aliphatic rings. The fraction of sp³-hybridized carbons (Fsp3) is 0.0870. The molecule has 8 heteroatoms. The third-order valence-corrected chi connectivity index (χ3v) is 4.47. The Hall–Kier alpha value is -4.51. The van der Waals surface area contributed by atoms with Gasteiger partial charge in [-0.25, -0.2) is 9.59 Å². The SMILES string of the molecule is COC(=O)c1ccc(/C=C\c2c(C(=O)O)nn(-c3cccc(C)c3)c(=O)c2C#N)cc1. The minimum Gasteiger partial charge on any atom is -0.476 e. The van der Waals surface area contributed by atoms with Gasteiger partial charge in [0, 0.05) is 5.56 Å². The van der Waals surface area contributed by atoms with Crippen LogP contribution in [-0.4, -0.2) is 33.9 Å². The lowest BCUT2D eigenvalue weighted by Crippen LogP contribution is -2.28. The van der Waals surface area contributed by atoms with Gasteiger partial charge in [0.25, 0.3) is 5.56 Å². The number of aromatic carboxylic acids is 1. The normalized spacial score (nSPS) is 10.6. The molecule has 0 spiro atoms. The Bertz CT molecular complexity index is 1300. The Morgan fingerprint density at radius 1 is 1.16 bits per heavy atom. The molecular formula is C23H17N3O5. The Kier molecular flexibility index (Phi) is 6.07. The van der Waals surface area contributed by atoms with Gasteiger partial charge in [0.15, 0.2) is 5.69 Å². The second-order valence-electron chi connectivity index (χ2n) is 6.56. The van der Waals surface area contributed by atoms with E-state index in [-0.39, 0.29) is 11.1 Å². The first-order valence-electron chi connectivity index (χ1n) is 9.10. The highest BCUT2D eigenvalue weighted by atomic mass is 16.5. The van der Waals surface area contributed by atoms with E-state index in [1.807, 2.05) is 13.0 Å². The molecule has 0 amide bonds. The van der Waals surface area contributed by atoms with Gasteiger partial charge in [0.2, 0.25) is 0 Å². The number of carbonyl (C=O) groups excluding carboxylic acids is 1. The van der Waals surface area contributed by atoms with Crippen LogP contribution in [0.25, 0.3) is 17.8 Å². The number of ether oxygens (including phenoxy) is 1. The topological polar surface area (TPSA) is 122 Å². The van der Waals surface area contributed by atoms with E-state index in [1.165, 1.54) is 19.3 Å². The molecule has 2 aromatic carbocycles. The molecular weight excluding hydrogens is 398 g/mol. The molecule has 1 heterocycles. The molecule has 0 radical (unpaired) electrons. The average Bonchev–Trinajstić information content (AvgIpc) is 2.77. The number of carboxylic acid groups (broad SMARTS) is 1. The van der Waals surface area contributed by atoms with Gasteiger partial charge in [-0.3, -0.25) is 4.79 Å². The molecule has 0 aliphatic heterocycles. The summed E-state index contributed by atoms with van der Waals surface area (Å²) in [4.78, 5) is 36.2. The molecule has 0 aliphatic carbocycles. The fourth-order valence-electron chi connectivity index (χ4n) is 2.93. The van der Waals surface area contributed by atoms with E-state index in [0.29, 0.717) is 16.8 Å². The zero-order chi connectivity index (χ0) is 22.5. The maximum Gasteiger partial charge on any atom is 0.357 e. The van der Waals surface area contributed by atoms with Crippen LogP contribution < -0.4 is 5.56 Å². The van der Waals surface area contributed by atoms with Crippen LogP contribution in [0, 0.1) is 18.3 Å². The molecule has 1 N–H and O–H groups in total. The standard InChI is InChI=1S/C23H17N3O5/c1-14-4-3-5-17(12-14)26-21(27)19(13-24)18(20(25-26)22(28)29)11-8-15-6-9-16(10-7-15)23(30)31-2/h3-12H,1-2H3,(H,28,29)/b11-8-. The minimum atomic E-state index is -1.38. The van der Waals surface area contributed by atoms with Gasteiger partial charge in [-0.2, -0.15) is 15.0 Å². The second kappa shape index (κ2) is 8.88. The summed E-state index contributed by atoms with van der Waals surface area (Å²) in [7, 11) is 1.28. The molecule has 0 saturated carbocycles. The molecule has 154 valence electrons. The Morgan fingerprint density at radius 2 is 1.87 bits per heavy atom. The van der Waals surface area contributed by atoms with Crippen molar-refractivity contribution in [3.63, 3.8) is 0 Å². The van der Waals surface area contributed by atoms with Crippen molar-refractivity contribution in [2.75, 3.05) is 7.11 Å². The van der Waals surface area contributed by atoms with Crippen molar-refractivity contribution < 1.29 is 19.4 Å². The number of rotatable bonds is 5. The molecule has 0 bridgehead atoms. The Morgan fingerprint density at radius 3 is 2.45 bits per heavy atom. The Balaban J connectivity index is 2.12. The number of esters is 1. The van der Waals surface area contributed by atoms with Crippen LogP contribution in [0.5, 0.6) is 0 Å². The predicted molar refractivity (Wildman–Crippen MR) is 113 cm³/mol. The van der Waals surface area contributed by atoms with Crippen LogP contribution in [0.4, 0.5) is 0 Å². The first kappa shape index (κ1) is 21.2. The number of aromatic nitrogens is 2. The van der Waals surface area contributed by atoms with Gasteiger partial charge in [0.05, 0.1) is 18.4 Å². The molecule has 0 atom stereocenters. The lowest BCUT2D eigenvalue weighted by molar-refractivity contribution is 0.0599. The number of carboxylic acids is 1. The molecule has 31 heavy (non-hydrogen) atoms. The predicted octanol–water partition coefficient (Wildman–Crippen LogP) is 3.07. The highest BCUT2D eigenvalue weighted by molar-refractivity contribution is 5.93. The van der Waals surface area contributed by atoms with Crippen molar-refractivity contribution in [3.8, 4) is 11.8 Å². The van der Waals surface area contributed by atoms with Crippen LogP contribution in [0.3, 0.4) is 0 Å². The number of nitrogens with zero attached hydrogens (tertiary/aromatic N) is 3. The first-order chi connectivity index (χ1) is 14.8. The summed E-state index contributed by atoms with van der Waals surface area (Å²) >= 11 is 0. The minimum absolute atomic E-state index is 0.0963. The number of hydrogen-bond acceptors (Lipinski definition) is 6. The summed E-state index contributed by atoms with van der Waals surface area (Å²) < 4.78 is 5.56. The molecule has 0 unspecified atom stereocenters. The van der Waals surface area contributed by atoms with Crippen molar-refractivity contribution in [2.24, 2.45) is 0 Å². The van der Waals surface area contributed by atoms with Crippen molar-refractivity contribution in [1.82, 2.24) is 9.78 Å². The largest absolute Gasteiger partial charge is 0.476 e. The number of benzene rings is 2. The number of aryl methyl sites for hydroxylation is 1. The number of hydrogen-bond donors (Lipinski definition) is 1. The molecule has 0 fully saturated rings. The van der Waals surface area contributed by atoms with Crippen molar-refractivity contribution >= 4 is 24.1 Å². The summed E-state index contributed by atoms with van der Waals surface area (Å²) in [5.74, 6) is -1.86. The number of nitriles is 1. The molecule has 0 saturated heterocycles. The summed E-state index contributed by atoms with van der Waals surface area (Å²) in [6, 6.07) is 14.9. The van der Waals surface area contributed by atoms with Gasteiger partial charge >= 0.3 is 11.9 Å². The van der Waals surface area contributed by atoms with Gasteiger partial charge in [-0.05, 0) is 42.3 Å². The highest BCUT2D eigenvalue weighted by Crippen LogP contribution is 2.17. The molecule has 3 aromatic rings. The maximum absolute atomic E-state index is 12.9. The summed E-state index contributed by atoms with van der Waals surface area (Å²) in [6.07, 6.45) is 2.88. The summed E-state index contributed by atoms with van der Waals surface area (Å²) in [6.45, 7) is 1.82. The Labute approximate surface area is 177 Å². The monoisotopic (exact) mass is 415 g/mol. The third-order valence-electron chi connectivity index (χ3n) is 4.47. The van der Waals surface area contributed by atoms with Gasteiger partial charge in [0.1, 0.15) is 11.6 Å². The third kappa shape index (κ3) is 4.41. The van der Waals surface area contributed by atoms with Crippen molar-refractivity contribution in [2.45, 2.75) is 6.92 Å². The van der Waals surface area contributed by atoms with E-state index >= 15 is 0 Å². The van der Waals surface area contributed by atoms with E-state index in [9.17, 15) is 24.8 Å². The van der Waals surface area contributed by atoms with Gasteiger partial charge < -0.3 is 9.84 Å². The van der Waals surface area contributed by atoms with E-state index in [0.717, 1.165) is 10.2 Å². The van der Waals surface area contributed by atoms with Crippen LogP contribution in [0.15, 0.2) is 53.3 Å². The lowest BCUT2D eigenvalue weighted by Gasteiger charge is -2.10. The van der Waals surface area contributed by atoms with E-state index < -0.39 is 23.2 Å². The molecule has 8 nitrogen and oxygen atoms in total.